The minimum Gasteiger partial charge on any atom is -0.496 e. The average Bonchev–Trinajstić information content (AvgIpc) is 2.32. The van der Waals surface area contributed by atoms with E-state index in [2.05, 4.69) is 4.98 Å². The molecule has 1 heterocycles. The maximum absolute atomic E-state index is 11.8. The quantitative estimate of drug-likeness (QED) is 0.784. The van der Waals surface area contributed by atoms with E-state index in [1.165, 1.54) is 7.11 Å². The Kier molecular flexibility index (Phi) is 4.63. The molecule has 0 aliphatic rings. The summed E-state index contributed by atoms with van der Waals surface area (Å²) in [5.74, 6) is 0.821. The first-order chi connectivity index (χ1) is 8.01. The van der Waals surface area contributed by atoms with Crippen molar-refractivity contribution in [3.63, 3.8) is 0 Å². The van der Waals surface area contributed by atoms with Crippen molar-refractivity contribution in [2.45, 2.75) is 33.3 Å². The Morgan fingerprint density at radius 3 is 2.59 bits per heavy atom. The molecule has 0 aliphatic heterocycles. The lowest BCUT2D eigenvalue weighted by molar-refractivity contribution is -0.127. The largest absolute Gasteiger partial charge is 0.496 e. The lowest BCUT2D eigenvalue weighted by atomic mass is 10.0. The normalized spacial score (nSPS) is 12.3. The fourth-order valence-electron chi connectivity index (χ4n) is 1.69. The Hall–Kier alpha value is -1.42. The number of rotatable bonds is 5. The molecule has 1 aromatic rings. The molecule has 0 saturated carbocycles. The molecule has 0 radical (unpaired) electrons. The molecule has 4 nitrogen and oxygen atoms in total. The first-order valence-corrected chi connectivity index (χ1v) is 5.55. The van der Waals surface area contributed by atoms with Crippen LogP contribution in [0.5, 0.6) is 5.75 Å². The number of aromatic nitrogens is 1. The molecule has 1 rings (SSSR count). The van der Waals surface area contributed by atoms with Gasteiger partial charge in [0, 0.05) is 24.4 Å². The Bertz CT molecular complexity index is 415. The van der Waals surface area contributed by atoms with E-state index in [4.69, 9.17) is 9.47 Å². The summed E-state index contributed by atoms with van der Waals surface area (Å²) in [6.07, 6.45) is 1.60. The maximum Gasteiger partial charge on any atom is 0.167 e. The van der Waals surface area contributed by atoms with Crippen molar-refractivity contribution in [3.05, 3.63) is 23.0 Å². The fraction of sp³-hybridized carbons (Fsp3) is 0.538. The van der Waals surface area contributed by atoms with Gasteiger partial charge in [0.2, 0.25) is 0 Å². The van der Waals surface area contributed by atoms with E-state index in [-0.39, 0.29) is 12.2 Å². The first-order valence-electron chi connectivity index (χ1n) is 5.55. The Morgan fingerprint density at radius 2 is 2.06 bits per heavy atom. The van der Waals surface area contributed by atoms with E-state index in [1.807, 2.05) is 13.8 Å². The van der Waals surface area contributed by atoms with Crippen LogP contribution in [0.4, 0.5) is 0 Å². The standard InChI is InChI=1S/C13H19NO3/c1-8-7-14-11(9(2)13(8)17-5)6-12(15)10(3)16-4/h7,10H,6H2,1-5H3. The average molecular weight is 237 g/mol. The molecule has 1 aromatic heterocycles. The molecule has 1 atom stereocenters. The zero-order valence-corrected chi connectivity index (χ0v) is 11.0. The second-order valence-corrected chi connectivity index (χ2v) is 4.07. The summed E-state index contributed by atoms with van der Waals surface area (Å²) in [5, 5.41) is 0. The van der Waals surface area contributed by atoms with Gasteiger partial charge in [-0.3, -0.25) is 9.78 Å². The van der Waals surface area contributed by atoms with Gasteiger partial charge >= 0.3 is 0 Å². The highest BCUT2D eigenvalue weighted by molar-refractivity contribution is 5.84. The van der Waals surface area contributed by atoms with E-state index in [0.29, 0.717) is 0 Å². The molecule has 0 N–H and O–H groups in total. The predicted molar refractivity (Wildman–Crippen MR) is 65.4 cm³/mol. The van der Waals surface area contributed by atoms with Gasteiger partial charge in [0.1, 0.15) is 11.9 Å². The van der Waals surface area contributed by atoms with Crippen molar-refractivity contribution in [1.82, 2.24) is 4.98 Å². The molecule has 0 fully saturated rings. The molecule has 0 bridgehead atoms. The lowest BCUT2D eigenvalue weighted by Crippen LogP contribution is -2.22. The monoisotopic (exact) mass is 237 g/mol. The van der Waals surface area contributed by atoms with E-state index in [1.54, 1.807) is 20.2 Å². The van der Waals surface area contributed by atoms with Crippen molar-refractivity contribution in [3.8, 4) is 5.75 Å². The number of methoxy groups -OCH3 is 2. The van der Waals surface area contributed by atoms with Crippen LogP contribution in [0.3, 0.4) is 0 Å². The van der Waals surface area contributed by atoms with Gasteiger partial charge in [-0.15, -0.1) is 0 Å². The zero-order chi connectivity index (χ0) is 13.0. The predicted octanol–water partition coefficient (Wildman–Crippen LogP) is 1.85. The van der Waals surface area contributed by atoms with Crippen LogP contribution >= 0.6 is 0 Å². The van der Waals surface area contributed by atoms with E-state index < -0.39 is 6.10 Å². The van der Waals surface area contributed by atoms with Gasteiger partial charge in [-0.25, -0.2) is 0 Å². The zero-order valence-electron chi connectivity index (χ0n) is 11.0. The number of carbonyl (C=O) groups is 1. The maximum atomic E-state index is 11.8. The van der Waals surface area contributed by atoms with Crippen molar-refractivity contribution < 1.29 is 14.3 Å². The number of nitrogens with zero attached hydrogens (tertiary/aromatic N) is 1. The van der Waals surface area contributed by atoms with Crippen molar-refractivity contribution in [2.75, 3.05) is 14.2 Å². The van der Waals surface area contributed by atoms with Crippen molar-refractivity contribution in [2.24, 2.45) is 0 Å². The smallest absolute Gasteiger partial charge is 0.167 e. The molecule has 17 heavy (non-hydrogen) atoms. The van der Waals surface area contributed by atoms with E-state index in [0.717, 1.165) is 22.6 Å². The summed E-state index contributed by atoms with van der Waals surface area (Å²) in [4.78, 5) is 16.1. The number of ketones is 1. The van der Waals surface area contributed by atoms with E-state index in [9.17, 15) is 4.79 Å². The SMILES string of the molecule is COc1c(C)cnc(CC(=O)C(C)OC)c1C. The van der Waals surface area contributed by atoms with Crippen LogP contribution < -0.4 is 4.74 Å². The molecule has 0 spiro atoms. The second-order valence-electron chi connectivity index (χ2n) is 4.07. The second kappa shape index (κ2) is 5.77. The number of pyridine rings is 1. The molecular formula is C13H19NO3. The number of aryl methyl sites for hydroxylation is 1. The van der Waals surface area contributed by atoms with Gasteiger partial charge < -0.3 is 9.47 Å². The van der Waals surface area contributed by atoms with Gasteiger partial charge in [0.15, 0.2) is 5.78 Å². The van der Waals surface area contributed by atoms with Gasteiger partial charge in [-0.05, 0) is 20.8 Å². The summed E-state index contributed by atoms with van der Waals surface area (Å²) in [6.45, 7) is 5.59. The van der Waals surface area contributed by atoms with Crippen LogP contribution in [0, 0.1) is 13.8 Å². The highest BCUT2D eigenvalue weighted by Crippen LogP contribution is 2.24. The van der Waals surface area contributed by atoms with Crippen LogP contribution in [0.1, 0.15) is 23.7 Å². The van der Waals surface area contributed by atoms with Crippen LogP contribution in [-0.4, -0.2) is 31.1 Å². The number of hydrogen-bond donors (Lipinski definition) is 0. The summed E-state index contributed by atoms with van der Waals surface area (Å²) >= 11 is 0. The molecule has 94 valence electrons. The molecule has 0 aliphatic carbocycles. The van der Waals surface area contributed by atoms with Crippen LogP contribution in [0.2, 0.25) is 0 Å². The first kappa shape index (κ1) is 13.6. The fourth-order valence-corrected chi connectivity index (χ4v) is 1.69. The Labute approximate surface area is 102 Å². The Balaban J connectivity index is 2.97. The molecule has 0 amide bonds. The number of ether oxygens (including phenoxy) is 2. The molecule has 4 heteroatoms. The topological polar surface area (TPSA) is 48.4 Å². The van der Waals surface area contributed by atoms with Crippen LogP contribution in [-0.2, 0) is 16.0 Å². The minimum atomic E-state index is -0.400. The van der Waals surface area contributed by atoms with Crippen molar-refractivity contribution in [1.29, 1.82) is 0 Å². The van der Waals surface area contributed by atoms with Gasteiger partial charge in [-0.1, -0.05) is 0 Å². The minimum absolute atomic E-state index is 0.0222. The number of Topliss-reactive ketones (excluding diaryl/α,β-unsaturated/α-hetero) is 1. The summed E-state index contributed by atoms with van der Waals surface area (Å²) < 4.78 is 10.3. The molecule has 0 aromatic carbocycles. The van der Waals surface area contributed by atoms with Gasteiger partial charge in [0.05, 0.1) is 19.2 Å². The third-order valence-electron chi connectivity index (χ3n) is 2.90. The molecule has 0 saturated heterocycles. The highest BCUT2D eigenvalue weighted by atomic mass is 16.5. The van der Waals surface area contributed by atoms with Crippen LogP contribution in [0.25, 0.3) is 0 Å². The van der Waals surface area contributed by atoms with Gasteiger partial charge in [-0.2, -0.15) is 0 Å². The molecule has 1 unspecified atom stereocenters. The summed E-state index contributed by atoms with van der Waals surface area (Å²) in [6, 6.07) is 0. The van der Waals surface area contributed by atoms with Crippen LogP contribution in [0.15, 0.2) is 6.20 Å². The third-order valence-corrected chi connectivity index (χ3v) is 2.90. The summed E-state index contributed by atoms with van der Waals surface area (Å²) in [7, 11) is 3.15. The summed E-state index contributed by atoms with van der Waals surface area (Å²) in [5.41, 5.74) is 2.64. The van der Waals surface area contributed by atoms with E-state index >= 15 is 0 Å². The van der Waals surface area contributed by atoms with Gasteiger partial charge in [0.25, 0.3) is 0 Å². The lowest BCUT2D eigenvalue weighted by Gasteiger charge is -2.13. The Morgan fingerprint density at radius 1 is 1.41 bits per heavy atom. The third kappa shape index (κ3) is 3.03. The number of hydrogen-bond acceptors (Lipinski definition) is 4. The highest BCUT2D eigenvalue weighted by Gasteiger charge is 2.16. The number of carbonyl (C=O) groups excluding carboxylic acids is 1. The molecular weight excluding hydrogens is 218 g/mol. The van der Waals surface area contributed by atoms with Crippen molar-refractivity contribution >= 4 is 5.78 Å².